The smallest absolute Gasteiger partial charge is 0.343 e. The van der Waals surface area contributed by atoms with Crippen LogP contribution >= 0.6 is 23.2 Å². The van der Waals surface area contributed by atoms with Crippen LogP contribution in [0.1, 0.15) is 15.9 Å². The molecule has 0 heterocycles. The summed E-state index contributed by atoms with van der Waals surface area (Å²) in [6.07, 6.45) is 0. The number of hydrogen-bond donors (Lipinski definition) is 0. The van der Waals surface area contributed by atoms with Crippen LogP contribution in [-0.2, 0) is 0 Å². The summed E-state index contributed by atoms with van der Waals surface area (Å²) in [5.74, 6) is -0.000462. The Morgan fingerprint density at radius 3 is 2.38 bits per heavy atom. The first-order chi connectivity index (χ1) is 12.5. The molecular formula is C22H14Cl2O2. The molecule has 0 fully saturated rings. The molecule has 0 bridgehead atoms. The minimum Gasteiger partial charge on any atom is -0.422 e. The normalized spacial score (nSPS) is 11.0. The zero-order valence-electron chi connectivity index (χ0n) is 13.9. The van der Waals surface area contributed by atoms with Gasteiger partial charge >= 0.3 is 5.97 Å². The lowest BCUT2D eigenvalue weighted by molar-refractivity contribution is 0.0739. The van der Waals surface area contributed by atoms with Crippen molar-refractivity contribution in [1.29, 1.82) is 0 Å². The van der Waals surface area contributed by atoms with E-state index in [-0.39, 0.29) is 0 Å². The van der Waals surface area contributed by atoms with Crippen molar-refractivity contribution in [3.63, 3.8) is 0 Å². The van der Waals surface area contributed by atoms with Crippen LogP contribution in [0.15, 0.2) is 66.7 Å². The molecule has 0 saturated heterocycles. The first-order valence-corrected chi connectivity index (χ1v) is 8.88. The molecular weight excluding hydrogens is 367 g/mol. The van der Waals surface area contributed by atoms with Crippen LogP contribution in [0.2, 0.25) is 10.0 Å². The van der Waals surface area contributed by atoms with Crippen LogP contribution in [0, 0.1) is 6.92 Å². The van der Waals surface area contributed by atoms with Gasteiger partial charge in [-0.05, 0) is 42.6 Å². The van der Waals surface area contributed by atoms with Gasteiger partial charge in [0, 0.05) is 21.2 Å². The van der Waals surface area contributed by atoms with Crippen LogP contribution in [0.25, 0.3) is 21.5 Å². The van der Waals surface area contributed by atoms with Gasteiger partial charge in [-0.1, -0.05) is 65.2 Å². The molecule has 0 atom stereocenters. The van der Waals surface area contributed by atoms with Gasteiger partial charge in [-0.2, -0.15) is 0 Å². The molecule has 0 spiro atoms. The summed E-state index contributed by atoms with van der Waals surface area (Å²) in [6, 6.07) is 20.3. The van der Waals surface area contributed by atoms with E-state index in [1.165, 1.54) is 0 Å². The lowest BCUT2D eigenvalue weighted by Gasteiger charge is -2.14. The number of fused-ring (bicyclic) bond motifs is 2. The number of rotatable bonds is 2. The number of hydrogen-bond acceptors (Lipinski definition) is 2. The molecule has 4 rings (SSSR count). The number of esters is 1. The van der Waals surface area contributed by atoms with Crippen molar-refractivity contribution in [2.75, 3.05) is 0 Å². The molecule has 0 aliphatic rings. The van der Waals surface area contributed by atoms with Crippen molar-refractivity contribution in [3.8, 4) is 5.75 Å². The highest BCUT2D eigenvalue weighted by Gasteiger charge is 2.17. The Morgan fingerprint density at radius 2 is 1.58 bits per heavy atom. The highest BCUT2D eigenvalue weighted by Crippen LogP contribution is 2.41. The Kier molecular flexibility index (Phi) is 4.31. The Morgan fingerprint density at radius 1 is 0.846 bits per heavy atom. The average Bonchev–Trinajstić information content (AvgIpc) is 2.62. The van der Waals surface area contributed by atoms with E-state index in [2.05, 4.69) is 0 Å². The van der Waals surface area contributed by atoms with Gasteiger partial charge in [-0.3, -0.25) is 0 Å². The molecule has 4 heteroatoms. The van der Waals surface area contributed by atoms with E-state index in [1.807, 2.05) is 55.5 Å². The highest BCUT2D eigenvalue weighted by molar-refractivity contribution is 6.39. The minimum absolute atomic E-state index is 0.428. The quantitative estimate of drug-likeness (QED) is 0.216. The van der Waals surface area contributed by atoms with Crippen molar-refractivity contribution in [2.24, 2.45) is 0 Å². The molecule has 26 heavy (non-hydrogen) atoms. The molecule has 0 aliphatic carbocycles. The van der Waals surface area contributed by atoms with E-state index in [0.29, 0.717) is 26.7 Å². The second-order valence-corrected chi connectivity index (χ2v) is 6.95. The predicted octanol–water partition coefficient (Wildman–Crippen LogP) is 6.83. The summed E-state index contributed by atoms with van der Waals surface area (Å²) >= 11 is 12.8. The monoisotopic (exact) mass is 380 g/mol. The second-order valence-electron chi connectivity index (χ2n) is 6.14. The Bertz CT molecular complexity index is 1170. The molecule has 128 valence electrons. The highest BCUT2D eigenvalue weighted by atomic mass is 35.5. The molecule has 0 aliphatic heterocycles. The number of benzene rings is 4. The molecule has 0 aromatic heterocycles. The molecule has 4 aromatic rings. The van der Waals surface area contributed by atoms with E-state index in [1.54, 1.807) is 18.2 Å². The van der Waals surface area contributed by atoms with Crippen molar-refractivity contribution < 1.29 is 9.53 Å². The topological polar surface area (TPSA) is 26.3 Å². The maximum absolute atomic E-state index is 12.8. The van der Waals surface area contributed by atoms with Crippen LogP contribution < -0.4 is 4.74 Å². The number of ether oxygens (including phenoxy) is 1. The lowest BCUT2D eigenvalue weighted by atomic mass is 10.0. The SMILES string of the molecule is Cc1cccc(C(=O)Oc2c3cccc(Cl)c3cc3cccc(Cl)c23)c1. The summed E-state index contributed by atoms with van der Waals surface area (Å²) in [4.78, 5) is 12.8. The number of carbonyl (C=O) groups is 1. The average molecular weight is 381 g/mol. The number of aryl methyl sites for hydroxylation is 1. The molecule has 0 unspecified atom stereocenters. The van der Waals surface area contributed by atoms with Crippen molar-refractivity contribution >= 4 is 50.7 Å². The van der Waals surface area contributed by atoms with E-state index >= 15 is 0 Å². The fraction of sp³-hybridized carbons (Fsp3) is 0.0455. The fourth-order valence-electron chi connectivity index (χ4n) is 3.10. The molecule has 0 amide bonds. The third-order valence-corrected chi connectivity index (χ3v) is 4.96. The van der Waals surface area contributed by atoms with Crippen molar-refractivity contribution in [2.45, 2.75) is 6.92 Å². The van der Waals surface area contributed by atoms with Gasteiger partial charge in [0.25, 0.3) is 0 Å². The molecule has 0 N–H and O–H groups in total. The lowest BCUT2D eigenvalue weighted by Crippen LogP contribution is -2.09. The number of halogens is 2. The minimum atomic E-state index is -0.428. The van der Waals surface area contributed by atoms with Gasteiger partial charge in [-0.25, -0.2) is 4.79 Å². The standard InChI is InChI=1S/C22H14Cl2O2/c1-13-5-2-7-15(11-13)22(25)26-21-16-8-4-9-18(23)17(16)12-14-6-3-10-19(24)20(14)21/h2-12H,1H3. The van der Waals surface area contributed by atoms with Crippen molar-refractivity contribution in [1.82, 2.24) is 0 Å². The van der Waals surface area contributed by atoms with E-state index in [4.69, 9.17) is 27.9 Å². The predicted molar refractivity (Wildman–Crippen MR) is 108 cm³/mol. The summed E-state index contributed by atoms with van der Waals surface area (Å²) in [5, 5.41) is 4.25. The largest absolute Gasteiger partial charge is 0.422 e. The van der Waals surface area contributed by atoms with Gasteiger partial charge in [-0.15, -0.1) is 0 Å². The van der Waals surface area contributed by atoms with Gasteiger partial charge < -0.3 is 4.74 Å². The van der Waals surface area contributed by atoms with E-state index in [0.717, 1.165) is 21.7 Å². The van der Waals surface area contributed by atoms with Crippen LogP contribution in [-0.4, -0.2) is 5.97 Å². The van der Waals surface area contributed by atoms with Crippen molar-refractivity contribution in [3.05, 3.63) is 87.9 Å². The maximum atomic E-state index is 12.8. The Balaban J connectivity index is 1.97. The Labute approximate surface area is 160 Å². The van der Waals surface area contributed by atoms with Gasteiger partial charge in [0.1, 0.15) is 5.75 Å². The number of carbonyl (C=O) groups excluding carboxylic acids is 1. The Hall–Kier alpha value is -2.55. The zero-order chi connectivity index (χ0) is 18.3. The molecule has 0 radical (unpaired) electrons. The van der Waals surface area contributed by atoms with Crippen LogP contribution in [0.4, 0.5) is 0 Å². The fourth-order valence-corrected chi connectivity index (χ4v) is 3.60. The van der Waals surface area contributed by atoms with E-state index in [9.17, 15) is 4.79 Å². The zero-order valence-corrected chi connectivity index (χ0v) is 15.4. The molecule has 0 saturated carbocycles. The second kappa shape index (κ2) is 6.64. The van der Waals surface area contributed by atoms with Gasteiger partial charge in [0.05, 0.1) is 10.6 Å². The summed E-state index contributed by atoms with van der Waals surface area (Å²) in [6.45, 7) is 1.93. The van der Waals surface area contributed by atoms with Crippen LogP contribution in [0.5, 0.6) is 5.75 Å². The van der Waals surface area contributed by atoms with Gasteiger partial charge in [0.15, 0.2) is 0 Å². The summed E-state index contributed by atoms with van der Waals surface area (Å²) < 4.78 is 5.84. The van der Waals surface area contributed by atoms with E-state index < -0.39 is 5.97 Å². The third kappa shape index (κ3) is 2.92. The molecule has 2 nitrogen and oxygen atoms in total. The summed E-state index contributed by atoms with van der Waals surface area (Å²) in [7, 11) is 0. The summed E-state index contributed by atoms with van der Waals surface area (Å²) in [5.41, 5.74) is 1.48. The van der Waals surface area contributed by atoms with Crippen LogP contribution in [0.3, 0.4) is 0 Å². The first-order valence-electron chi connectivity index (χ1n) is 8.13. The third-order valence-electron chi connectivity index (χ3n) is 4.32. The first kappa shape index (κ1) is 16.9. The van der Waals surface area contributed by atoms with Gasteiger partial charge in [0.2, 0.25) is 0 Å². The maximum Gasteiger partial charge on any atom is 0.343 e. The molecule has 4 aromatic carbocycles.